The molecule has 0 spiro atoms. The van der Waals surface area contributed by atoms with E-state index < -0.39 is 11.7 Å². The van der Waals surface area contributed by atoms with Crippen LogP contribution in [0.3, 0.4) is 0 Å². The Labute approximate surface area is 191 Å². The summed E-state index contributed by atoms with van der Waals surface area (Å²) < 4.78 is 5.68. The Kier molecular flexibility index (Phi) is 7.47. The van der Waals surface area contributed by atoms with Crippen molar-refractivity contribution in [3.8, 4) is 11.8 Å². The molecule has 1 unspecified atom stereocenters. The Balaban J connectivity index is 1.31. The Bertz CT molecular complexity index is 881. The summed E-state index contributed by atoms with van der Waals surface area (Å²) in [5.41, 5.74) is 0.913. The number of rotatable bonds is 8. The van der Waals surface area contributed by atoms with Crippen LogP contribution in [-0.2, 0) is 5.60 Å². The van der Waals surface area contributed by atoms with Gasteiger partial charge < -0.3 is 19.8 Å². The minimum atomic E-state index is -0.749. The highest BCUT2D eigenvalue weighted by Crippen LogP contribution is 2.48. The minimum absolute atomic E-state index is 0.224. The average molecular weight is 435 g/mol. The van der Waals surface area contributed by atoms with Gasteiger partial charge >= 0.3 is 0 Å². The second-order valence-corrected chi connectivity index (χ2v) is 9.35. The van der Waals surface area contributed by atoms with Gasteiger partial charge in [0.2, 0.25) is 0 Å². The quantitative estimate of drug-likeness (QED) is 0.654. The van der Waals surface area contributed by atoms with Crippen molar-refractivity contribution in [2.24, 2.45) is 11.8 Å². The third kappa shape index (κ3) is 5.15. The highest BCUT2D eigenvalue weighted by atomic mass is 16.5. The lowest BCUT2D eigenvalue weighted by Crippen LogP contribution is -2.48. The fourth-order valence-corrected chi connectivity index (χ4v) is 5.60. The summed E-state index contributed by atoms with van der Waals surface area (Å²) in [4.78, 5) is 2.28. The van der Waals surface area contributed by atoms with Gasteiger partial charge in [0.25, 0.3) is 0 Å². The SMILES string of the molecule is N#Cc1ccc(OC[C@H](O)CN2CCC(C(O)(c3ccccc3)C3CCCC3)CC2)cc1. The third-order valence-corrected chi connectivity index (χ3v) is 7.32. The van der Waals surface area contributed by atoms with Crippen molar-refractivity contribution in [3.05, 3.63) is 65.7 Å². The Morgan fingerprint density at radius 2 is 1.59 bits per heavy atom. The molecule has 2 aromatic carbocycles. The molecule has 0 aromatic heterocycles. The van der Waals surface area contributed by atoms with E-state index in [0.717, 1.165) is 44.3 Å². The smallest absolute Gasteiger partial charge is 0.119 e. The number of benzene rings is 2. The van der Waals surface area contributed by atoms with Crippen LogP contribution in [0.15, 0.2) is 54.6 Å². The summed E-state index contributed by atoms with van der Waals surface area (Å²) in [5.74, 6) is 1.25. The molecule has 0 radical (unpaired) electrons. The first-order valence-corrected chi connectivity index (χ1v) is 11.9. The first-order valence-electron chi connectivity index (χ1n) is 11.9. The van der Waals surface area contributed by atoms with Gasteiger partial charge in [0.1, 0.15) is 18.5 Å². The van der Waals surface area contributed by atoms with Gasteiger partial charge in [0.05, 0.1) is 17.2 Å². The van der Waals surface area contributed by atoms with E-state index in [9.17, 15) is 10.2 Å². The maximum Gasteiger partial charge on any atom is 0.119 e. The maximum absolute atomic E-state index is 12.0. The molecule has 0 bridgehead atoms. The van der Waals surface area contributed by atoms with Crippen LogP contribution in [0.4, 0.5) is 0 Å². The van der Waals surface area contributed by atoms with Crippen LogP contribution in [0.5, 0.6) is 5.75 Å². The Hall–Kier alpha value is -2.39. The van der Waals surface area contributed by atoms with Crippen molar-refractivity contribution in [1.82, 2.24) is 4.90 Å². The van der Waals surface area contributed by atoms with Crippen molar-refractivity contribution in [3.63, 3.8) is 0 Å². The number of hydrogen-bond acceptors (Lipinski definition) is 5. The van der Waals surface area contributed by atoms with E-state index in [4.69, 9.17) is 10.00 Å². The van der Waals surface area contributed by atoms with Gasteiger partial charge in [-0.1, -0.05) is 43.2 Å². The molecule has 1 heterocycles. The molecule has 2 aliphatic rings. The molecule has 1 saturated heterocycles. The predicted molar refractivity (Wildman–Crippen MR) is 124 cm³/mol. The van der Waals surface area contributed by atoms with Gasteiger partial charge in [0.15, 0.2) is 0 Å². The topological polar surface area (TPSA) is 76.7 Å². The highest BCUT2D eigenvalue weighted by molar-refractivity contribution is 5.34. The number of nitriles is 1. The van der Waals surface area contributed by atoms with Crippen molar-refractivity contribution in [2.75, 3.05) is 26.2 Å². The fourth-order valence-electron chi connectivity index (χ4n) is 5.60. The molecule has 2 N–H and O–H groups in total. The monoisotopic (exact) mass is 434 g/mol. The lowest BCUT2D eigenvalue weighted by atomic mass is 9.68. The van der Waals surface area contributed by atoms with Gasteiger partial charge in [-0.2, -0.15) is 5.26 Å². The van der Waals surface area contributed by atoms with Crippen LogP contribution in [0.25, 0.3) is 0 Å². The van der Waals surface area contributed by atoms with Gasteiger partial charge in [-0.15, -0.1) is 0 Å². The van der Waals surface area contributed by atoms with Crippen LogP contribution >= 0.6 is 0 Å². The first-order chi connectivity index (χ1) is 15.6. The molecule has 0 amide bonds. The van der Waals surface area contributed by atoms with Gasteiger partial charge in [-0.3, -0.25) is 0 Å². The number of hydrogen-bond donors (Lipinski definition) is 2. The molecular weight excluding hydrogens is 400 g/mol. The lowest BCUT2D eigenvalue weighted by Gasteiger charge is -2.45. The van der Waals surface area contributed by atoms with E-state index in [1.54, 1.807) is 24.3 Å². The van der Waals surface area contributed by atoms with E-state index >= 15 is 0 Å². The zero-order valence-corrected chi connectivity index (χ0v) is 18.7. The van der Waals surface area contributed by atoms with E-state index in [-0.39, 0.29) is 12.5 Å². The molecule has 1 saturated carbocycles. The molecule has 4 rings (SSSR count). The van der Waals surface area contributed by atoms with Gasteiger partial charge in [-0.05, 0) is 80.4 Å². The summed E-state index contributed by atoms with van der Waals surface area (Å²) in [6.45, 7) is 2.54. The van der Waals surface area contributed by atoms with Gasteiger partial charge in [0, 0.05) is 6.54 Å². The second kappa shape index (κ2) is 10.5. The minimum Gasteiger partial charge on any atom is -0.491 e. The van der Waals surface area contributed by atoms with Crippen LogP contribution in [-0.4, -0.2) is 47.5 Å². The molecule has 2 fully saturated rings. The molecule has 170 valence electrons. The van der Waals surface area contributed by atoms with Crippen LogP contribution in [0, 0.1) is 23.2 Å². The first kappa shape index (κ1) is 22.8. The number of nitrogens with zero attached hydrogens (tertiary/aromatic N) is 2. The summed E-state index contributed by atoms with van der Waals surface area (Å²) in [7, 11) is 0. The van der Waals surface area contributed by atoms with Crippen LogP contribution < -0.4 is 4.74 Å². The number of β-amino-alcohol motifs (C(OH)–C–C–N with tert-alkyl or cyclic N) is 1. The zero-order chi connectivity index (χ0) is 22.4. The molecule has 1 aliphatic carbocycles. The van der Waals surface area contributed by atoms with E-state index in [1.165, 1.54) is 12.8 Å². The third-order valence-electron chi connectivity index (χ3n) is 7.32. The molecule has 5 nitrogen and oxygen atoms in total. The van der Waals surface area contributed by atoms with Crippen molar-refractivity contribution in [2.45, 2.75) is 50.2 Å². The summed E-state index contributed by atoms with van der Waals surface area (Å²) in [6, 6.07) is 19.3. The number of ether oxygens (including phenoxy) is 1. The Morgan fingerprint density at radius 3 is 2.22 bits per heavy atom. The summed E-state index contributed by atoms with van der Waals surface area (Å²) >= 11 is 0. The van der Waals surface area contributed by atoms with Crippen LogP contribution in [0.2, 0.25) is 0 Å². The number of aliphatic hydroxyl groups is 2. The highest BCUT2D eigenvalue weighted by Gasteiger charge is 2.46. The molecule has 1 aliphatic heterocycles. The molecule has 32 heavy (non-hydrogen) atoms. The lowest BCUT2D eigenvalue weighted by molar-refractivity contribution is -0.0953. The average Bonchev–Trinajstić information content (AvgIpc) is 3.39. The van der Waals surface area contributed by atoms with E-state index in [1.807, 2.05) is 18.2 Å². The molecule has 2 atom stereocenters. The second-order valence-electron chi connectivity index (χ2n) is 9.35. The normalized spacial score (nSPS) is 21.0. The van der Waals surface area contributed by atoms with Crippen LogP contribution in [0.1, 0.15) is 49.7 Å². The largest absolute Gasteiger partial charge is 0.491 e. The summed E-state index contributed by atoms with van der Waals surface area (Å²) in [6.07, 6.45) is 5.93. The van der Waals surface area contributed by atoms with Crippen molar-refractivity contribution < 1.29 is 14.9 Å². The number of likely N-dealkylation sites (tertiary alicyclic amines) is 1. The molecule has 2 aromatic rings. The molecular formula is C27H34N2O3. The predicted octanol–water partition coefficient (Wildman–Crippen LogP) is 4.09. The number of piperidine rings is 1. The summed E-state index contributed by atoms with van der Waals surface area (Å²) in [5, 5.41) is 31.4. The van der Waals surface area contributed by atoms with Crippen molar-refractivity contribution >= 4 is 0 Å². The van der Waals surface area contributed by atoms with Gasteiger partial charge in [-0.25, -0.2) is 0 Å². The molecule has 5 heteroatoms. The van der Waals surface area contributed by atoms with E-state index in [0.29, 0.717) is 23.8 Å². The number of aliphatic hydroxyl groups excluding tert-OH is 1. The zero-order valence-electron chi connectivity index (χ0n) is 18.7. The Morgan fingerprint density at radius 1 is 0.969 bits per heavy atom. The standard InChI is InChI=1S/C27H34N2O3/c28-18-21-10-12-26(13-11-21)32-20-25(30)19-29-16-14-24(15-17-29)27(31,23-8-4-5-9-23)22-6-2-1-3-7-22/h1-3,6-7,10-13,23-25,30-31H,4-5,8-9,14-17,19-20H2/t25-,27?/m1/s1. The fraction of sp³-hybridized carbons (Fsp3) is 0.519. The maximum atomic E-state index is 12.0. The van der Waals surface area contributed by atoms with Crippen molar-refractivity contribution in [1.29, 1.82) is 5.26 Å². The van der Waals surface area contributed by atoms with E-state index in [2.05, 4.69) is 23.1 Å².